The van der Waals surface area contributed by atoms with E-state index in [1.165, 1.54) is 0 Å². The number of nitrogens with two attached hydrogens (primary N) is 2. The van der Waals surface area contributed by atoms with Crippen LogP contribution >= 0.6 is 0 Å². The molecule has 8 heteroatoms. The Kier molecular flexibility index (Phi) is 10.2. The Morgan fingerprint density at radius 2 is 1.42 bits per heavy atom. The first kappa shape index (κ1) is 25.6. The number of carbonyl (C=O) groups is 2. The van der Waals surface area contributed by atoms with E-state index < -0.39 is 17.7 Å². The van der Waals surface area contributed by atoms with Crippen molar-refractivity contribution in [3.05, 3.63) is 48.5 Å². The molecule has 0 fully saturated rings. The summed E-state index contributed by atoms with van der Waals surface area (Å²) in [5.41, 5.74) is 11.4. The Morgan fingerprint density at radius 1 is 0.903 bits per heavy atom. The van der Waals surface area contributed by atoms with Gasteiger partial charge in [0.05, 0.1) is 13.2 Å². The van der Waals surface area contributed by atoms with E-state index in [2.05, 4.69) is 0 Å². The number of esters is 2. The van der Waals surface area contributed by atoms with Crippen molar-refractivity contribution in [2.45, 2.75) is 46.3 Å². The molecule has 0 aromatic heterocycles. The van der Waals surface area contributed by atoms with Gasteiger partial charge in [0.15, 0.2) is 11.7 Å². The van der Waals surface area contributed by atoms with Crippen molar-refractivity contribution in [2.75, 3.05) is 24.7 Å². The lowest BCUT2D eigenvalue weighted by Crippen LogP contribution is -2.39. The summed E-state index contributed by atoms with van der Waals surface area (Å²) in [6, 6.07) is 13.9. The van der Waals surface area contributed by atoms with Gasteiger partial charge in [0.1, 0.15) is 11.5 Å². The van der Waals surface area contributed by atoms with Crippen LogP contribution in [0, 0.1) is 0 Å². The highest BCUT2D eigenvalue weighted by molar-refractivity contribution is 5.79. The van der Waals surface area contributed by atoms with E-state index in [-0.39, 0.29) is 5.97 Å². The molecule has 0 radical (unpaired) electrons. The van der Waals surface area contributed by atoms with Crippen molar-refractivity contribution in [3.8, 4) is 11.5 Å². The monoisotopic (exact) mass is 432 g/mol. The summed E-state index contributed by atoms with van der Waals surface area (Å²) in [7, 11) is 0. The lowest BCUT2D eigenvalue weighted by molar-refractivity contribution is -0.158. The fourth-order valence-electron chi connectivity index (χ4n) is 2.32. The van der Waals surface area contributed by atoms with Crippen molar-refractivity contribution in [1.82, 2.24) is 0 Å². The fourth-order valence-corrected chi connectivity index (χ4v) is 2.32. The number of anilines is 2. The molecule has 2 aromatic carbocycles. The number of ether oxygens (including phenoxy) is 4. The summed E-state index contributed by atoms with van der Waals surface area (Å²) in [4.78, 5) is 22.8. The normalized spacial score (nSPS) is 11.4. The maximum Gasteiger partial charge on any atom is 0.349 e. The molecule has 8 nitrogen and oxygen atoms in total. The SMILES string of the molecule is CCOC(=O)C(C)(C)Oc1cccc(N)c1.CCOC(=O)C(C)Oc1cccc(N)c1. The number of benzene rings is 2. The molecule has 2 rings (SSSR count). The molecule has 0 heterocycles. The van der Waals surface area contributed by atoms with Gasteiger partial charge in [-0.3, -0.25) is 0 Å². The third-order valence-electron chi connectivity index (χ3n) is 3.79. The van der Waals surface area contributed by atoms with E-state index in [1.807, 2.05) is 0 Å². The van der Waals surface area contributed by atoms with Gasteiger partial charge < -0.3 is 30.4 Å². The van der Waals surface area contributed by atoms with Crippen LogP contribution in [0.1, 0.15) is 34.6 Å². The van der Waals surface area contributed by atoms with Gasteiger partial charge in [-0.2, -0.15) is 0 Å². The maximum atomic E-state index is 11.6. The molecule has 0 aliphatic rings. The summed E-state index contributed by atoms with van der Waals surface area (Å²) in [5.74, 6) is 0.353. The third kappa shape index (κ3) is 9.29. The van der Waals surface area contributed by atoms with E-state index in [0.29, 0.717) is 36.1 Å². The quantitative estimate of drug-likeness (QED) is 0.479. The molecule has 0 aliphatic carbocycles. The molecule has 0 bridgehead atoms. The van der Waals surface area contributed by atoms with Crippen molar-refractivity contribution >= 4 is 23.3 Å². The van der Waals surface area contributed by atoms with E-state index >= 15 is 0 Å². The highest BCUT2D eigenvalue weighted by Gasteiger charge is 2.31. The molecule has 4 N–H and O–H groups in total. The zero-order chi connectivity index (χ0) is 23.4. The van der Waals surface area contributed by atoms with Gasteiger partial charge in [-0.05, 0) is 58.9 Å². The summed E-state index contributed by atoms with van der Waals surface area (Å²) < 4.78 is 20.6. The molecule has 0 saturated heterocycles. The van der Waals surface area contributed by atoms with Gasteiger partial charge in [-0.25, -0.2) is 9.59 Å². The number of rotatable bonds is 8. The minimum absolute atomic E-state index is 0.336. The second kappa shape index (κ2) is 12.3. The van der Waals surface area contributed by atoms with Gasteiger partial charge in [0, 0.05) is 23.5 Å². The van der Waals surface area contributed by atoms with Crippen molar-refractivity contribution in [3.63, 3.8) is 0 Å². The van der Waals surface area contributed by atoms with E-state index in [0.717, 1.165) is 0 Å². The predicted octanol–water partition coefficient (Wildman–Crippen LogP) is 3.59. The van der Waals surface area contributed by atoms with Gasteiger partial charge >= 0.3 is 11.9 Å². The average Bonchev–Trinajstić information content (AvgIpc) is 2.68. The van der Waals surface area contributed by atoms with Crippen LogP contribution in [0.5, 0.6) is 11.5 Å². The molecule has 170 valence electrons. The van der Waals surface area contributed by atoms with Gasteiger partial charge in [-0.15, -0.1) is 0 Å². The van der Waals surface area contributed by atoms with E-state index in [9.17, 15) is 9.59 Å². The first-order chi connectivity index (χ1) is 14.6. The molecule has 31 heavy (non-hydrogen) atoms. The Morgan fingerprint density at radius 3 is 1.94 bits per heavy atom. The summed E-state index contributed by atoms with van der Waals surface area (Å²) in [6.07, 6.45) is -0.619. The third-order valence-corrected chi connectivity index (χ3v) is 3.79. The molecule has 1 atom stereocenters. The van der Waals surface area contributed by atoms with Crippen LogP contribution < -0.4 is 20.9 Å². The minimum atomic E-state index is -1.01. The number of nitrogen functional groups attached to an aromatic ring is 2. The van der Waals surface area contributed by atoms with Gasteiger partial charge in [-0.1, -0.05) is 12.1 Å². The maximum absolute atomic E-state index is 11.6. The number of carbonyl (C=O) groups excluding carboxylic acids is 2. The van der Waals surface area contributed by atoms with Crippen LogP contribution in [0.3, 0.4) is 0 Å². The summed E-state index contributed by atoms with van der Waals surface area (Å²) >= 11 is 0. The Bertz CT molecular complexity index is 853. The predicted molar refractivity (Wildman–Crippen MR) is 120 cm³/mol. The van der Waals surface area contributed by atoms with Crippen LogP contribution in [0.4, 0.5) is 11.4 Å². The molecule has 0 spiro atoms. The lowest BCUT2D eigenvalue weighted by atomic mass is 10.1. The Labute approximate surface area is 183 Å². The Balaban J connectivity index is 0.000000311. The van der Waals surface area contributed by atoms with Gasteiger partial charge in [0.25, 0.3) is 0 Å². The minimum Gasteiger partial charge on any atom is -0.479 e. The van der Waals surface area contributed by atoms with Crippen LogP contribution in [0.25, 0.3) is 0 Å². The smallest absolute Gasteiger partial charge is 0.349 e. The van der Waals surface area contributed by atoms with Crippen molar-refractivity contribution in [1.29, 1.82) is 0 Å². The zero-order valence-corrected chi connectivity index (χ0v) is 18.7. The average molecular weight is 433 g/mol. The summed E-state index contributed by atoms with van der Waals surface area (Å²) in [5, 5.41) is 0. The van der Waals surface area contributed by atoms with Crippen LogP contribution in [0.15, 0.2) is 48.5 Å². The molecular weight excluding hydrogens is 400 g/mol. The molecule has 0 saturated carbocycles. The van der Waals surface area contributed by atoms with Crippen LogP contribution in [0.2, 0.25) is 0 Å². The molecule has 1 unspecified atom stereocenters. The topological polar surface area (TPSA) is 123 Å². The molecule has 0 aliphatic heterocycles. The molecule has 2 aromatic rings. The summed E-state index contributed by atoms with van der Waals surface area (Å²) in [6.45, 7) is 9.16. The first-order valence-electron chi connectivity index (χ1n) is 9.99. The van der Waals surface area contributed by atoms with Crippen LogP contribution in [-0.2, 0) is 19.1 Å². The zero-order valence-electron chi connectivity index (χ0n) is 18.7. The van der Waals surface area contributed by atoms with Crippen LogP contribution in [-0.4, -0.2) is 36.9 Å². The van der Waals surface area contributed by atoms with E-state index in [1.54, 1.807) is 83.1 Å². The molecular formula is C23H32N2O6. The standard InChI is InChI=1S/C12H17NO3.C11H15NO3/c1-4-15-11(14)12(2,3)16-10-7-5-6-9(13)8-10;1-3-14-11(13)8(2)15-10-6-4-5-9(12)7-10/h5-8H,4,13H2,1-3H3;4-8H,3,12H2,1-2H3. The lowest BCUT2D eigenvalue weighted by Gasteiger charge is -2.24. The van der Waals surface area contributed by atoms with E-state index in [4.69, 9.17) is 30.4 Å². The molecule has 0 amide bonds. The number of hydrogen-bond donors (Lipinski definition) is 2. The second-order valence-corrected chi connectivity index (χ2v) is 6.99. The van der Waals surface area contributed by atoms with Crippen molar-refractivity contribution < 1.29 is 28.5 Å². The van der Waals surface area contributed by atoms with Crippen molar-refractivity contribution in [2.24, 2.45) is 0 Å². The number of hydrogen-bond acceptors (Lipinski definition) is 8. The Hall–Kier alpha value is -3.42. The highest BCUT2D eigenvalue weighted by atomic mass is 16.6. The van der Waals surface area contributed by atoms with Gasteiger partial charge in [0.2, 0.25) is 0 Å². The fraction of sp³-hybridized carbons (Fsp3) is 0.391. The first-order valence-corrected chi connectivity index (χ1v) is 9.99. The largest absolute Gasteiger partial charge is 0.479 e. The second-order valence-electron chi connectivity index (χ2n) is 6.99. The highest BCUT2D eigenvalue weighted by Crippen LogP contribution is 2.21.